The molecule has 2 nitrogen and oxygen atoms in total. The number of rotatable bonds is 3. The average Bonchev–Trinajstić information content (AvgIpc) is 2.96. The quantitative estimate of drug-likeness (QED) is 0.755. The molecule has 0 amide bonds. The molecule has 0 radical (unpaired) electrons. The van der Waals surface area contributed by atoms with Crippen molar-refractivity contribution in [2.24, 2.45) is 0 Å². The highest BCUT2D eigenvalue weighted by Crippen LogP contribution is 2.47. The SMILES string of the molecule is COc1cnc(C2(C)CC2)cc1C(C)C. The molecule has 1 aliphatic carbocycles. The van der Waals surface area contributed by atoms with Crippen molar-refractivity contribution in [3.05, 3.63) is 23.5 Å². The van der Waals surface area contributed by atoms with Gasteiger partial charge in [0.15, 0.2) is 0 Å². The van der Waals surface area contributed by atoms with Crippen LogP contribution in [0.3, 0.4) is 0 Å². The van der Waals surface area contributed by atoms with Crippen LogP contribution in [0.2, 0.25) is 0 Å². The highest BCUT2D eigenvalue weighted by molar-refractivity contribution is 5.38. The summed E-state index contributed by atoms with van der Waals surface area (Å²) >= 11 is 0. The number of pyridine rings is 1. The second kappa shape index (κ2) is 3.51. The van der Waals surface area contributed by atoms with Crippen LogP contribution < -0.4 is 4.74 Å². The van der Waals surface area contributed by atoms with Gasteiger partial charge in [-0.05, 0) is 24.8 Å². The number of methoxy groups -OCH3 is 1. The maximum Gasteiger partial charge on any atom is 0.140 e. The molecule has 1 heterocycles. The maximum absolute atomic E-state index is 5.33. The lowest BCUT2D eigenvalue weighted by Crippen LogP contribution is -2.06. The Hall–Kier alpha value is -1.05. The molecule has 0 aromatic carbocycles. The molecule has 0 N–H and O–H groups in total. The Kier molecular flexibility index (Phi) is 2.45. The van der Waals surface area contributed by atoms with E-state index in [9.17, 15) is 0 Å². The third-order valence-electron chi connectivity index (χ3n) is 3.36. The second-order valence-electron chi connectivity index (χ2n) is 5.03. The van der Waals surface area contributed by atoms with Crippen molar-refractivity contribution >= 4 is 0 Å². The van der Waals surface area contributed by atoms with Crippen molar-refractivity contribution < 1.29 is 4.74 Å². The average molecular weight is 205 g/mol. The van der Waals surface area contributed by atoms with Gasteiger partial charge >= 0.3 is 0 Å². The van der Waals surface area contributed by atoms with Gasteiger partial charge in [-0.3, -0.25) is 4.98 Å². The Morgan fingerprint density at radius 2 is 2.07 bits per heavy atom. The van der Waals surface area contributed by atoms with Crippen LogP contribution in [0.1, 0.15) is 50.8 Å². The number of hydrogen-bond acceptors (Lipinski definition) is 2. The first-order valence-electron chi connectivity index (χ1n) is 5.61. The molecule has 1 fully saturated rings. The van der Waals surface area contributed by atoms with Crippen molar-refractivity contribution in [2.45, 2.75) is 44.9 Å². The number of aromatic nitrogens is 1. The molecule has 2 rings (SSSR count). The van der Waals surface area contributed by atoms with Gasteiger partial charge in [0, 0.05) is 16.7 Å². The lowest BCUT2D eigenvalue weighted by atomic mass is 9.97. The lowest BCUT2D eigenvalue weighted by molar-refractivity contribution is 0.404. The van der Waals surface area contributed by atoms with Gasteiger partial charge in [0.1, 0.15) is 5.75 Å². The normalized spacial score (nSPS) is 17.9. The zero-order valence-corrected chi connectivity index (χ0v) is 10.0. The molecule has 0 unspecified atom stereocenters. The van der Waals surface area contributed by atoms with Gasteiger partial charge in [0.2, 0.25) is 0 Å². The number of hydrogen-bond donors (Lipinski definition) is 0. The van der Waals surface area contributed by atoms with E-state index in [0.29, 0.717) is 11.3 Å². The summed E-state index contributed by atoms with van der Waals surface area (Å²) in [6.07, 6.45) is 4.40. The first kappa shape index (κ1) is 10.5. The summed E-state index contributed by atoms with van der Waals surface area (Å²) in [6.45, 7) is 6.67. The molecule has 0 aliphatic heterocycles. The Labute approximate surface area is 91.7 Å². The van der Waals surface area contributed by atoms with Crippen LogP contribution in [0.25, 0.3) is 0 Å². The van der Waals surface area contributed by atoms with E-state index < -0.39 is 0 Å². The molecule has 82 valence electrons. The fourth-order valence-electron chi connectivity index (χ4n) is 1.85. The van der Waals surface area contributed by atoms with Gasteiger partial charge in [-0.2, -0.15) is 0 Å². The van der Waals surface area contributed by atoms with E-state index in [2.05, 4.69) is 31.8 Å². The van der Waals surface area contributed by atoms with Crippen molar-refractivity contribution in [1.82, 2.24) is 4.98 Å². The minimum Gasteiger partial charge on any atom is -0.495 e. The monoisotopic (exact) mass is 205 g/mol. The summed E-state index contributed by atoms with van der Waals surface area (Å²) in [5.41, 5.74) is 2.85. The van der Waals surface area contributed by atoms with Gasteiger partial charge in [-0.15, -0.1) is 0 Å². The highest BCUT2D eigenvalue weighted by Gasteiger charge is 2.40. The van der Waals surface area contributed by atoms with Crippen LogP contribution in [-0.4, -0.2) is 12.1 Å². The van der Waals surface area contributed by atoms with Gasteiger partial charge in [-0.1, -0.05) is 20.8 Å². The van der Waals surface area contributed by atoms with Crippen LogP contribution in [-0.2, 0) is 5.41 Å². The summed E-state index contributed by atoms with van der Waals surface area (Å²) in [5.74, 6) is 1.40. The van der Waals surface area contributed by atoms with E-state index in [1.807, 2.05) is 6.20 Å². The highest BCUT2D eigenvalue weighted by atomic mass is 16.5. The van der Waals surface area contributed by atoms with Gasteiger partial charge < -0.3 is 4.74 Å². The van der Waals surface area contributed by atoms with Crippen LogP contribution in [0.4, 0.5) is 0 Å². The number of ether oxygens (including phenoxy) is 1. The largest absolute Gasteiger partial charge is 0.495 e. The zero-order chi connectivity index (χ0) is 11.1. The predicted octanol–water partition coefficient (Wildman–Crippen LogP) is 3.27. The smallest absolute Gasteiger partial charge is 0.140 e. The summed E-state index contributed by atoms with van der Waals surface area (Å²) in [7, 11) is 1.71. The van der Waals surface area contributed by atoms with E-state index in [0.717, 1.165) is 5.75 Å². The van der Waals surface area contributed by atoms with Crippen LogP contribution in [0.15, 0.2) is 12.3 Å². The van der Waals surface area contributed by atoms with Gasteiger partial charge in [-0.25, -0.2) is 0 Å². The molecule has 0 atom stereocenters. The Morgan fingerprint density at radius 3 is 2.53 bits per heavy atom. The summed E-state index contributed by atoms with van der Waals surface area (Å²) < 4.78 is 5.33. The van der Waals surface area contributed by atoms with Crippen LogP contribution in [0.5, 0.6) is 5.75 Å². The molecule has 0 bridgehead atoms. The summed E-state index contributed by atoms with van der Waals surface area (Å²) in [4.78, 5) is 4.50. The molecule has 1 aromatic rings. The minimum absolute atomic E-state index is 0.343. The Morgan fingerprint density at radius 1 is 1.40 bits per heavy atom. The first-order valence-corrected chi connectivity index (χ1v) is 5.61. The van der Waals surface area contributed by atoms with E-state index in [-0.39, 0.29) is 0 Å². The predicted molar refractivity (Wildman–Crippen MR) is 61.5 cm³/mol. The van der Waals surface area contributed by atoms with Gasteiger partial charge in [0.25, 0.3) is 0 Å². The van der Waals surface area contributed by atoms with Crippen molar-refractivity contribution in [3.63, 3.8) is 0 Å². The minimum atomic E-state index is 0.343. The fraction of sp³-hybridized carbons (Fsp3) is 0.615. The molecule has 0 spiro atoms. The molecule has 15 heavy (non-hydrogen) atoms. The van der Waals surface area contributed by atoms with Crippen LogP contribution in [0, 0.1) is 0 Å². The third-order valence-corrected chi connectivity index (χ3v) is 3.36. The van der Waals surface area contributed by atoms with E-state index in [1.54, 1.807) is 7.11 Å². The van der Waals surface area contributed by atoms with E-state index in [4.69, 9.17) is 4.74 Å². The van der Waals surface area contributed by atoms with Crippen molar-refractivity contribution in [3.8, 4) is 5.75 Å². The van der Waals surface area contributed by atoms with E-state index in [1.165, 1.54) is 24.1 Å². The molecule has 1 saturated carbocycles. The van der Waals surface area contributed by atoms with Gasteiger partial charge in [0.05, 0.1) is 13.3 Å². The molecule has 0 saturated heterocycles. The zero-order valence-electron chi connectivity index (χ0n) is 10.0. The lowest BCUT2D eigenvalue weighted by Gasteiger charge is -2.15. The Bertz CT molecular complexity index is 367. The molecular weight excluding hydrogens is 186 g/mol. The third kappa shape index (κ3) is 1.85. The standard InChI is InChI=1S/C13H19NO/c1-9(2)10-7-12(13(3)5-6-13)14-8-11(10)15-4/h7-9H,5-6H2,1-4H3. The molecule has 1 aliphatic rings. The van der Waals surface area contributed by atoms with E-state index >= 15 is 0 Å². The maximum atomic E-state index is 5.33. The second-order valence-corrected chi connectivity index (χ2v) is 5.03. The van der Waals surface area contributed by atoms with Crippen LogP contribution >= 0.6 is 0 Å². The number of nitrogens with zero attached hydrogens (tertiary/aromatic N) is 1. The van der Waals surface area contributed by atoms with Crippen molar-refractivity contribution in [2.75, 3.05) is 7.11 Å². The Balaban J connectivity index is 2.41. The fourth-order valence-corrected chi connectivity index (χ4v) is 1.85. The molecular formula is C13H19NO. The molecule has 2 heteroatoms. The summed E-state index contributed by atoms with van der Waals surface area (Å²) in [5, 5.41) is 0. The summed E-state index contributed by atoms with van der Waals surface area (Å²) in [6, 6.07) is 2.22. The topological polar surface area (TPSA) is 22.1 Å². The first-order chi connectivity index (χ1) is 7.07. The van der Waals surface area contributed by atoms with Crippen molar-refractivity contribution in [1.29, 1.82) is 0 Å². The molecule has 1 aromatic heterocycles.